The monoisotopic (exact) mass is 537 g/mol. The first-order valence-electron chi connectivity index (χ1n) is 12.2. The molecule has 0 saturated heterocycles. The molecule has 0 N–H and O–H groups in total. The van der Waals surface area contributed by atoms with Gasteiger partial charge in [-0.1, -0.05) is 30.8 Å². The second-order valence-corrected chi connectivity index (χ2v) is 9.73. The van der Waals surface area contributed by atoms with E-state index in [0.717, 1.165) is 50.0 Å². The van der Waals surface area contributed by atoms with Gasteiger partial charge < -0.3 is 9.47 Å². The molecule has 0 saturated carbocycles. The van der Waals surface area contributed by atoms with Crippen LogP contribution < -0.4 is 9.64 Å². The fourth-order valence-electron chi connectivity index (χ4n) is 4.23. The molecule has 0 spiro atoms. The van der Waals surface area contributed by atoms with E-state index in [-0.39, 0.29) is 23.5 Å². The lowest BCUT2D eigenvalue weighted by Gasteiger charge is -2.14. The van der Waals surface area contributed by atoms with Crippen molar-refractivity contribution < 1.29 is 28.7 Å². The van der Waals surface area contributed by atoms with Crippen molar-refractivity contribution >= 4 is 61.9 Å². The molecular weight excluding hydrogens is 514 g/mol. The van der Waals surface area contributed by atoms with Crippen LogP contribution in [0.5, 0.6) is 5.75 Å². The second-order valence-electron chi connectivity index (χ2n) is 8.69. The third-order valence-electron chi connectivity index (χ3n) is 6.13. The summed E-state index contributed by atoms with van der Waals surface area (Å²) in [7, 11) is 0. The number of thioether (sulfide) groups is 1. The molecule has 0 aromatic heterocycles. The van der Waals surface area contributed by atoms with Crippen LogP contribution in [-0.4, -0.2) is 36.1 Å². The molecule has 0 unspecified atom stereocenters. The number of anilines is 1. The van der Waals surface area contributed by atoms with E-state index in [1.807, 2.05) is 48.5 Å². The molecule has 4 aromatic carbocycles. The maximum absolute atomic E-state index is 13.0. The summed E-state index contributed by atoms with van der Waals surface area (Å²) in [6, 6.07) is 22.2. The van der Waals surface area contributed by atoms with Gasteiger partial charge in [0.1, 0.15) is 5.75 Å². The predicted octanol–water partition coefficient (Wildman–Crippen LogP) is 5.85. The molecule has 5 rings (SSSR count). The second kappa shape index (κ2) is 11.4. The molecule has 1 aliphatic rings. The Morgan fingerprint density at radius 3 is 2.18 bits per heavy atom. The average Bonchev–Trinajstić information content (AvgIpc) is 3.29. The van der Waals surface area contributed by atoms with E-state index in [1.165, 1.54) is 12.2 Å². The van der Waals surface area contributed by atoms with Gasteiger partial charge >= 0.3 is 5.97 Å². The standard InChI is InChI=1S/C31H23NO6S/c1-2-30(35)38-17-3-16-37-24-9-13-27-21(19-24)5-4-20-18-22(6-12-26(20)27)31(36)39-25-10-7-23(8-11-25)32-28(33)14-15-29(32)34/h2,4-15,18-19H,1,3,16-17H2. The van der Waals surface area contributed by atoms with Gasteiger partial charge in [-0.15, -0.1) is 0 Å². The number of esters is 1. The third-order valence-corrected chi connectivity index (χ3v) is 7.06. The Labute approximate surface area is 228 Å². The number of carbonyl (C=O) groups excluding carboxylic acids is 4. The van der Waals surface area contributed by atoms with Crippen LogP contribution in [0.3, 0.4) is 0 Å². The van der Waals surface area contributed by atoms with E-state index in [9.17, 15) is 19.2 Å². The van der Waals surface area contributed by atoms with E-state index in [4.69, 9.17) is 9.47 Å². The highest BCUT2D eigenvalue weighted by molar-refractivity contribution is 8.14. The maximum atomic E-state index is 13.0. The van der Waals surface area contributed by atoms with Crippen molar-refractivity contribution in [2.75, 3.05) is 18.1 Å². The van der Waals surface area contributed by atoms with E-state index in [1.54, 1.807) is 24.3 Å². The zero-order chi connectivity index (χ0) is 27.4. The fourth-order valence-corrected chi connectivity index (χ4v) is 4.96. The largest absolute Gasteiger partial charge is 0.493 e. The fraction of sp³-hybridized carbons (Fsp3) is 0.0968. The third kappa shape index (κ3) is 5.76. The Balaban J connectivity index is 1.25. The number of fused-ring (bicyclic) bond motifs is 3. The maximum Gasteiger partial charge on any atom is 0.330 e. The first kappa shape index (κ1) is 25.9. The zero-order valence-electron chi connectivity index (χ0n) is 20.8. The molecule has 1 aliphatic heterocycles. The van der Waals surface area contributed by atoms with E-state index >= 15 is 0 Å². The van der Waals surface area contributed by atoms with Crippen molar-refractivity contribution in [2.24, 2.45) is 0 Å². The van der Waals surface area contributed by atoms with Gasteiger partial charge in [0, 0.05) is 35.1 Å². The lowest BCUT2D eigenvalue weighted by Crippen LogP contribution is -2.29. The van der Waals surface area contributed by atoms with Crippen LogP contribution in [0, 0.1) is 0 Å². The van der Waals surface area contributed by atoms with Crippen molar-refractivity contribution in [3.8, 4) is 5.75 Å². The highest BCUT2D eigenvalue weighted by Gasteiger charge is 2.25. The molecule has 0 fully saturated rings. The molecule has 2 amide bonds. The van der Waals surface area contributed by atoms with Crippen LogP contribution in [0.1, 0.15) is 16.8 Å². The van der Waals surface area contributed by atoms with Crippen LogP contribution in [0.4, 0.5) is 5.69 Å². The molecule has 8 heteroatoms. The van der Waals surface area contributed by atoms with Crippen LogP contribution in [-0.2, 0) is 19.1 Å². The van der Waals surface area contributed by atoms with Gasteiger partial charge in [-0.25, -0.2) is 9.69 Å². The summed E-state index contributed by atoms with van der Waals surface area (Å²) in [4.78, 5) is 49.6. The lowest BCUT2D eigenvalue weighted by atomic mass is 10.0. The van der Waals surface area contributed by atoms with Crippen molar-refractivity contribution in [1.29, 1.82) is 0 Å². The molecule has 0 radical (unpaired) electrons. The molecule has 0 bridgehead atoms. The van der Waals surface area contributed by atoms with Gasteiger partial charge in [-0.2, -0.15) is 0 Å². The number of benzene rings is 4. The summed E-state index contributed by atoms with van der Waals surface area (Å²) >= 11 is 1.09. The molecule has 4 aromatic rings. The minimum atomic E-state index is -0.446. The smallest absolute Gasteiger partial charge is 0.330 e. The molecule has 7 nitrogen and oxygen atoms in total. The number of ether oxygens (including phenoxy) is 2. The Bertz CT molecular complexity index is 1640. The number of imide groups is 1. The average molecular weight is 538 g/mol. The summed E-state index contributed by atoms with van der Waals surface area (Å²) in [6.07, 6.45) is 4.18. The molecule has 1 heterocycles. The summed E-state index contributed by atoms with van der Waals surface area (Å²) in [5.41, 5.74) is 1.04. The van der Waals surface area contributed by atoms with Crippen molar-refractivity contribution in [3.05, 3.63) is 103 Å². The highest BCUT2D eigenvalue weighted by atomic mass is 32.2. The van der Waals surface area contributed by atoms with Gasteiger partial charge in [0.05, 0.1) is 18.9 Å². The lowest BCUT2D eigenvalue weighted by molar-refractivity contribution is -0.138. The van der Waals surface area contributed by atoms with Gasteiger partial charge in [-0.05, 0) is 81.8 Å². The number of rotatable bonds is 9. The highest BCUT2D eigenvalue weighted by Crippen LogP contribution is 2.31. The molecular formula is C31H23NO6S. The first-order chi connectivity index (χ1) is 18.9. The van der Waals surface area contributed by atoms with Gasteiger partial charge in [0.25, 0.3) is 11.8 Å². The predicted molar refractivity (Wildman–Crippen MR) is 151 cm³/mol. The zero-order valence-corrected chi connectivity index (χ0v) is 21.6. The van der Waals surface area contributed by atoms with Gasteiger partial charge in [0.15, 0.2) is 0 Å². The van der Waals surface area contributed by atoms with E-state index < -0.39 is 5.97 Å². The van der Waals surface area contributed by atoms with Crippen LogP contribution >= 0.6 is 11.8 Å². The number of hydrogen-bond acceptors (Lipinski definition) is 7. The Hall–Kier alpha value is -4.69. The number of nitrogens with zero attached hydrogens (tertiary/aromatic N) is 1. The molecule has 194 valence electrons. The van der Waals surface area contributed by atoms with Gasteiger partial charge in [0.2, 0.25) is 5.12 Å². The van der Waals surface area contributed by atoms with Crippen molar-refractivity contribution in [3.63, 3.8) is 0 Å². The summed E-state index contributed by atoms with van der Waals surface area (Å²) in [5.74, 6) is -0.487. The quantitative estimate of drug-likeness (QED) is 0.0660. The Morgan fingerprint density at radius 1 is 0.821 bits per heavy atom. The summed E-state index contributed by atoms with van der Waals surface area (Å²) < 4.78 is 10.7. The minimum Gasteiger partial charge on any atom is -0.493 e. The van der Waals surface area contributed by atoms with Crippen molar-refractivity contribution in [1.82, 2.24) is 0 Å². The topological polar surface area (TPSA) is 90.0 Å². The van der Waals surface area contributed by atoms with Gasteiger partial charge in [-0.3, -0.25) is 14.4 Å². The summed E-state index contributed by atoms with van der Waals surface area (Å²) in [6.45, 7) is 4.05. The summed E-state index contributed by atoms with van der Waals surface area (Å²) in [5, 5.41) is 3.91. The van der Waals surface area contributed by atoms with Crippen LogP contribution in [0.25, 0.3) is 21.5 Å². The number of carbonyl (C=O) groups is 4. The number of amides is 2. The molecule has 0 atom stereocenters. The van der Waals surface area contributed by atoms with E-state index in [0.29, 0.717) is 29.2 Å². The Morgan fingerprint density at radius 2 is 1.49 bits per heavy atom. The van der Waals surface area contributed by atoms with Crippen LogP contribution in [0.15, 0.2) is 102 Å². The minimum absolute atomic E-state index is 0.109. The Kier molecular flexibility index (Phi) is 7.56. The first-order valence-corrected chi connectivity index (χ1v) is 13.0. The van der Waals surface area contributed by atoms with E-state index in [2.05, 4.69) is 6.58 Å². The molecule has 0 aliphatic carbocycles. The van der Waals surface area contributed by atoms with Crippen molar-refractivity contribution in [2.45, 2.75) is 11.3 Å². The normalized spacial score (nSPS) is 12.8. The number of hydrogen-bond donors (Lipinski definition) is 0. The van der Waals surface area contributed by atoms with Crippen LogP contribution in [0.2, 0.25) is 0 Å². The SMILES string of the molecule is C=CC(=O)OCCCOc1ccc2c(ccc3cc(C(=O)Sc4ccc(N5C(=O)C=CC5=O)cc4)ccc32)c1. The molecule has 39 heavy (non-hydrogen) atoms.